The number of nitrogens with one attached hydrogen (secondary N) is 1. The summed E-state index contributed by atoms with van der Waals surface area (Å²) < 4.78 is 10.5. The number of hydrogen-bond donors (Lipinski definition) is 2. The van der Waals surface area contributed by atoms with Gasteiger partial charge >= 0.3 is 0 Å². The zero-order valence-corrected chi connectivity index (χ0v) is 10.7. The molecule has 1 unspecified atom stereocenters. The number of rotatable bonds is 4. The van der Waals surface area contributed by atoms with Crippen molar-refractivity contribution in [1.82, 2.24) is 9.97 Å². The minimum Gasteiger partial charge on any atom is -0.493 e. The van der Waals surface area contributed by atoms with Gasteiger partial charge < -0.3 is 20.2 Å². The third-order valence-electron chi connectivity index (χ3n) is 2.74. The number of methoxy groups -OCH3 is 2. The first-order valence-electron chi connectivity index (χ1n) is 5.68. The van der Waals surface area contributed by atoms with Crippen LogP contribution in [0.1, 0.15) is 18.7 Å². The number of hydrogen-bond acceptors (Lipinski definition) is 4. The molecule has 5 nitrogen and oxygen atoms in total. The number of nitrogens with zero attached hydrogens (tertiary/aromatic N) is 1. The molecule has 0 radical (unpaired) electrons. The zero-order chi connectivity index (χ0) is 13.1. The van der Waals surface area contributed by atoms with E-state index in [1.807, 2.05) is 25.1 Å². The van der Waals surface area contributed by atoms with Gasteiger partial charge in [-0.15, -0.1) is 0 Å². The Bertz CT molecular complexity index is 535. The summed E-state index contributed by atoms with van der Waals surface area (Å²) in [5, 5.41) is 0. The van der Waals surface area contributed by atoms with E-state index >= 15 is 0 Å². The molecule has 0 fully saturated rings. The molecule has 1 atom stereocenters. The summed E-state index contributed by atoms with van der Waals surface area (Å²) in [7, 11) is 3.22. The van der Waals surface area contributed by atoms with Crippen molar-refractivity contribution >= 4 is 0 Å². The van der Waals surface area contributed by atoms with Crippen molar-refractivity contribution in [3.8, 4) is 22.9 Å². The second kappa shape index (κ2) is 5.10. The molecule has 0 bridgehead atoms. The van der Waals surface area contributed by atoms with E-state index in [2.05, 4.69) is 9.97 Å². The molecule has 1 heterocycles. The molecule has 0 amide bonds. The maximum atomic E-state index is 5.79. The number of aromatic amines is 1. The van der Waals surface area contributed by atoms with E-state index in [4.69, 9.17) is 15.2 Å². The Morgan fingerprint density at radius 1 is 1.22 bits per heavy atom. The fourth-order valence-corrected chi connectivity index (χ4v) is 1.70. The van der Waals surface area contributed by atoms with Crippen molar-refractivity contribution in [3.05, 3.63) is 30.1 Å². The number of benzene rings is 1. The Hall–Kier alpha value is -2.01. The predicted octanol–water partition coefficient (Wildman–Crippen LogP) is 2.11. The molecule has 0 spiro atoms. The molecule has 0 saturated heterocycles. The van der Waals surface area contributed by atoms with Gasteiger partial charge in [-0.25, -0.2) is 4.98 Å². The van der Waals surface area contributed by atoms with Crippen LogP contribution in [-0.2, 0) is 0 Å². The highest BCUT2D eigenvalue weighted by Gasteiger charge is 2.10. The van der Waals surface area contributed by atoms with Crippen LogP contribution in [0, 0.1) is 0 Å². The van der Waals surface area contributed by atoms with Gasteiger partial charge in [-0.2, -0.15) is 0 Å². The summed E-state index contributed by atoms with van der Waals surface area (Å²) in [6, 6.07) is 5.59. The fraction of sp³-hybridized carbons (Fsp3) is 0.308. The largest absolute Gasteiger partial charge is 0.493 e. The van der Waals surface area contributed by atoms with Gasteiger partial charge in [0, 0.05) is 11.6 Å². The maximum Gasteiger partial charge on any atom is 0.161 e. The lowest BCUT2D eigenvalue weighted by Crippen LogP contribution is -2.04. The fourth-order valence-electron chi connectivity index (χ4n) is 1.70. The summed E-state index contributed by atoms with van der Waals surface area (Å²) >= 11 is 0. The molecule has 0 aliphatic carbocycles. The molecule has 0 aliphatic rings. The van der Waals surface area contributed by atoms with Crippen LogP contribution in [0.5, 0.6) is 11.5 Å². The number of nitrogens with two attached hydrogens (primary N) is 1. The molecular formula is C13H17N3O2. The quantitative estimate of drug-likeness (QED) is 0.867. The minimum absolute atomic E-state index is 0.0635. The first-order valence-corrected chi connectivity index (χ1v) is 5.68. The van der Waals surface area contributed by atoms with Crippen molar-refractivity contribution < 1.29 is 9.47 Å². The Labute approximate surface area is 106 Å². The highest BCUT2D eigenvalue weighted by molar-refractivity contribution is 5.61. The van der Waals surface area contributed by atoms with Crippen LogP contribution < -0.4 is 15.2 Å². The van der Waals surface area contributed by atoms with Crippen molar-refractivity contribution in [3.63, 3.8) is 0 Å². The van der Waals surface area contributed by atoms with Crippen LogP contribution in [0.25, 0.3) is 11.4 Å². The van der Waals surface area contributed by atoms with Crippen molar-refractivity contribution in [2.24, 2.45) is 5.73 Å². The average molecular weight is 247 g/mol. The van der Waals surface area contributed by atoms with Crippen LogP contribution in [-0.4, -0.2) is 24.2 Å². The third kappa shape index (κ3) is 2.31. The molecular weight excluding hydrogens is 230 g/mol. The summed E-state index contributed by atoms with van der Waals surface area (Å²) in [6.45, 7) is 1.91. The van der Waals surface area contributed by atoms with Crippen LogP contribution >= 0.6 is 0 Å². The first-order chi connectivity index (χ1) is 8.65. The van der Waals surface area contributed by atoms with E-state index in [9.17, 15) is 0 Å². The second-order valence-electron chi connectivity index (χ2n) is 4.05. The van der Waals surface area contributed by atoms with Gasteiger partial charge in [0.2, 0.25) is 0 Å². The van der Waals surface area contributed by atoms with Gasteiger partial charge in [-0.1, -0.05) is 0 Å². The molecule has 1 aromatic carbocycles. The minimum atomic E-state index is -0.0635. The van der Waals surface area contributed by atoms with Crippen LogP contribution in [0.2, 0.25) is 0 Å². The molecule has 2 aromatic rings. The molecule has 0 aliphatic heterocycles. The van der Waals surface area contributed by atoms with E-state index < -0.39 is 0 Å². The lowest BCUT2D eigenvalue weighted by molar-refractivity contribution is 0.355. The third-order valence-corrected chi connectivity index (χ3v) is 2.74. The highest BCUT2D eigenvalue weighted by atomic mass is 16.5. The Morgan fingerprint density at radius 3 is 2.50 bits per heavy atom. The van der Waals surface area contributed by atoms with Crippen molar-refractivity contribution in [2.75, 3.05) is 14.2 Å². The van der Waals surface area contributed by atoms with Gasteiger partial charge in [0.1, 0.15) is 5.82 Å². The first kappa shape index (κ1) is 12.4. The van der Waals surface area contributed by atoms with Crippen LogP contribution in [0.3, 0.4) is 0 Å². The van der Waals surface area contributed by atoms with E-state index in [0.717, 1.165) is 17.1 Å². The normalized spacial score (nSPS) is 12.2. The lowest BCUT2D eigenvalue weighted by Gasteiger charge is -2.08. The van der Waals surface area contributed by atoms with Gasteiger partial charge in [-0.05, 0) is 25.1 Å². The van der Waals surface area contributed by atoms with Gasteiger partial charge in [0.05, 0.1) is 26.1 Å². The number of H-pyrrole nitrogens is 1. The molecule has 2 rings (SSSR count). The summed E-state index contributed by atoms with van der Waals surface area (Å²) in [6.07, 6.45) is 1.75. The Kier molecular flexibility index (Phi) is 3.53. The van der Waals surface area contributed by atoms with Gasteiger partial charge in [-0.3, -0.25) is 0 Å². The molecule has 0 saturated carbocycles. The SMILES string of the molecule is COc1ccc(-c2ncc(C(C)N)[nH]2)cc1OC. The second-order valence-corrected chi connectivity index (χ2v) is 4.05. The van der Waals surface area contributed by atoms with Crippen molar-refractivity contribution in [1.29, 1.82) is 0 Å². The van der Waals surface area contributed by atoms with Gasteiger partial charge in [0.25, 0.3) is 0 Å². The standard InChI is InChI=1S/C13H17N3O2/c1-8(14)10-7-15-13(16-10)9-4-5-11(17-2)12(6-9)18-3/h4-8H,14H2,1-3H3,(H,15,16). The number of ether oxygens (including phenoxy) is 2. The average Bonchev–Trinajstić information content (AvgIpc) is 2.87. The Morgan fingerprint density at radius 2 is 1.94 bits per heavy atom. The molecule has 5 heteroatoms. The van der Waals surface area contributed by atoms with E-state index in [1.54, 1.807) is 20.4 Å². The molecule has 18 heavy (non-hydrogen) atoms. The van der Waals surface area contributed by atoms with E-state index in [0.29, 0.717) is 11.5 Å². The topological polar surface area (TPSA) is 73.2 Å². The summed E-state index contributed by atoms with van der Waals surface area (Å²) in [5.41, 5.74) is 7.62. The lowest BCUT2D eigenvalue weighted by atomic mass is 10.2. The molecule has 3 N–H and O–H groups in total. The summed E-state index contributed by atoms with van der Waals surface area (Å²) in [4.78, 5) is 7.49. The smallest absolute Gasteiger partial charge is 0.161 e. The van der Waals surface area contributed by atoms with E-state index in [-0.39, 0.29) is 6.04 Å². The molecule has 96 valence electrons. The van der Waals surface area contributed by atoms with Crippen molar-refractivity contribution in [2.45, 2.75) is 13.0 Å². The van der Waals surface area contributed by atoms with Crippen LogP contribution in [0.4, 0.5) is 0 Å². The number of aromatic nitrogens is 2. The van der Waals surface area contributed by atoms with E-state index in [1.165, 1.54) is 0 Å². The maximum absolute atomic E-state index is 5.79. The highest BCUT2D eigenvalue weighted by Crippen LogP contribution is 2.31. The summed E-state index contributed by atoms with van der Waals surface area (Å²) in [5.74, 6) is 2.14. The zero-order valence-electron chi connectivity index (χ0n) is 10.7. The monoisotopic (exact) mass is 247 g/mol. The predicted molar refractivity (Wildman–Crippen MR) is 69.7 cm³/mol. The molecule has 1 aromatic heterocycles. The number of imidazole rings is 1. The Balaban J connectivity index is 2.38. The van der Waals surface area contributed by atoms with Gasteiger partial charge in [0.15, 0.2) is 11.5 Å². The van der Waals surface area contributed by atoms with Crippen LogP contribution in [0.15, 0.2) is 24.4 Å².